The minimum absolute atomic E-state index is 0. The highest BCUT2D eigenvalue weighted by molar-refractivity contribution is 5.70. The van der Waals surface area contributed by atoms with Gasteiger partial charge in [-0.15, -0.1) is 0 Å². The molecular formula is C30H44N2O4. The molecule has 1 saturated heterocycles. The lowest BCUT2D eigenvalue weighted by molar-refractivity contribution is -0.0425. The Kier molecular flexibility index (Phi) is 14.4. The van der Waals surface area contributed by atoms with Gasteiger partial charge in [-0.25, -0.2) is 4.68 Å². The first-order valence-electron chi connectivity index (χ1n) is 12.5. The molecule has 1 aliphatic heterocycles. The highest BCUT2D eigenvalue weighted by atomic mass is 16.5. The van der Waals surface area contributed by atoms with E-state index in [9.17, 15) is 4.79 Å². The van der Waals surface area contributed by atoms with E-state index < -0.39 is 0 Å². The first-order chi connectivity index (χ1) is 17.0. The Balaban J connectivity index is 0.000000845. The van der Waals surface area contributed by atoms with Crippen molar-refractivity contribution in [2.24, 2.45) is 0 Å². The van der Waals surface area contributed by atoms with Crippen molar-refractivity contribution in [2.45, 2.75) is 74.1 Å². The van der Waals surface area contributed by atoms with Crippen molar-refractivity contribution in [3.63, 3.8) is 0 Å². The van der Waals surface area contributed by atoms with Gasteiger partial charge in [0.1, 0.15) is 12.4 Å². The molecule has 3 aromatic rings. The Morgan fingerprint density at radius 2 is 1.75 bits per heavy atom. The summed E-state index contributed by atoms with van der Waals surface area (Å²) in [5.41, 5.74) is 4.63. The second-order valence-corrected chi connectivity index (χ2v) is 8.08. The molecule has 0 saturated carbocycles. The number of hydrogen-bond acceptors (Lipinski definition) is 5. The molecule has 2 heterocycles. The van der Waals surface area contributed by atoms with Crippen LogP contribution in [0, 0.1) is 13.8 Å². The van der Waals surface area contributed by atoms with E-state index in [1.807, 2.05) is 83.1 Å². The quantitative estimate of drug-likeness (QED) is 0.363. The third-order valence-electron chi connectivity index (χ3n) is 5.70. The molecule has 1 atom stereocenters. The molecule has 0 amide bonds. The third-order valence-corrected chi connectivity index (χ3v) is 5.70. The molecule has 0 bridgehead atoms. The number of nitrogens with zero attached hydrogens (tertiary/aromatic N) is 2. The topological polar surface area (TPSA) is 62.6 Å². The van der Waals surface area contributed by atoms with Gasteiger partial charge in [-0.1, -0.05) is 57.7 Å². The van der Waals surface area contributed by atoms with Crippen molar-refractivity contribution in [1.29, 1.82) is 0 Å². The summed E-state index contributed by atoms with van der Waals surface area (Å²) < 4.78 is 17.7. The van der Waals surface area contributed by atoms with Crippen molar-refractivity contribution in [1.82, 2.24) is 9.78 Å². The van der Waals surface area contributed by atoms with Crippen LogP contribution in [0.2, 0.25) is 0 Å². The van der Waals surface area contributed by atoms with Gasteiger partial charge in [0.05, 0.1) is 6.20 Å². The SMILES string of the molecule is C.CC.CCOC.Cc1cc(OCc2ccccc2)ccc1-c1cnn(C2CCCCO2)c(=O)c1C. The highest BCUT2D eigenvalue weighted by Crippen LogP contribution is 2.29. The van der Waals surface area contributed by atoms with Crippen molar-refractivity contribution >= 4 is 0 Å². The van der Waals surface area contributed by atoms with Gasteiger partial charge in [0, 0.05) is 31.5 Å². The molecule has 0 spiro atoms. The van der Waals surface area contributed by atoms with Crippen molar-refractivity contribution in [2.75, 3.05) is 20.3 Å². The zero-order valence-electron chi connectivity index (χ0n) is 22.0. The van der Waals surface area contributed by atoms with Crippen LogP contribution in [0.3, 0.4) is 0 Å². The Hall–Kier alpha value is -2.96. The molecule has 0 aliphatic carbocycles. The fourth-order valence-corrected chi connectivity index (χ4v) is 3.72. The number of rotatable bonds is 6. The summed E-state index contributed by atoms with van der Waals surface area (Å²) in [5, 5.41) is 4.43. The minimum atomic E-state index is -0.251. The third kappa shape index (κ3) is 8.61. The Morgan fingerprint density at radius 1 is 1.06 bits per heavy atom. The fraction of sp³-hybridized carbons (Fsp3) is 0.467. The fourth-order valence-electron chi connectivity index (χ4n) is 3.72. The number of aromatic nitrogens is 2. The van der Waals surface area contributed by atoms with Gasteiger partial charge < -0.3 is 14.2 Å². The zero-order chi connectivity index (χ0) is 25.6. The van der Waals surface area contributed by atoms with Gasteiger partial charge in [0.2, 0.25) is 0 Å². The summed E-state index contributed by atoms with van der Waals surface area (Å²) in [6.07, 6.45) is 4.46. The van der Waals surface area contributed by atoms with Gasteiger partial charge >= 0.3 is 0 Å². The molecule has 1 fully saturated rings. The smallest absolute Gasteiger partial charge is 0.272 e. The summed E-state index contributed by atoms with van der Waals surface area (Å²) in [7, 11) is 1.68. The molecule has 1 unspecified atom stereocenters. The number of methoxy groups -OCH3 is 1. The second kappa shape index (κ2) is 16.7. The predicted molar refractivity (Wildman–Crippen MR) is 149 cm³/mol. The van der Waals surface area contributed by atoms with Gasteiger partial charge in [0.15, 0.2) is 6.23 Å². The predicted octanol–water partition coefficient (Wildman–Crippen LogP) is 7.12. The second-order valence-electron chi connectivity index (χ2n) is 8.08. The number of benzene rings is 2. The first-order valence-corrected chi connectivity index (χ1v) is 12.5. The van der Waals surface area contributed by atoms with Crippen LogP contribution in [0.5, 0.6) is 5.75 Å². The largest absolute Gasteiger partial charge is 0.489 e. The minimum Gasteiger partial charge on any atom is -0.489 e. The Bertz CT molecular complexity index is 1070. The lowest BCUT2D eigenvalue weighted by atomic mass is 9.99. The van der Waals surface area contributed by atoms with E-state index in [4.69, 9.17) is 9.47 Å². The summed E-state index contributed by atoms with van der Waals surface area (Å²) >= 11 is 0. The number of ether oxygens (including phenoxy) is 3. The van der Waals surface area contributed by atoms with Crippen LogP contribution in [0.15, 0.2) is 59.5 Å². The van der Waals surface area contributed by atoms with Crippen LogP contribution in [-0.4, -0.2) is 30.1 Å². The average molecular weight is 497 g/mol. The number of hydrogen-bond donors (Lipinski definition) is 0. The Labute approximate surface area is 217 Å². The molecule has 4 rings (SSSR count). The van der Waals surface area contributed by atoms with Crippen molar-refractivity contribution in [3.05, 3.63) is 81.8 Å². The summed E-state index contributed by atoms with van der Waals surface area (Å²) in [6, 6.07) is 16.0. The molecule has 36 heavy (non-hydrogen) atoms. The van der Waals surface area contributed by atoms with Crippen molar-refractivity contribution < 1.29 is 14.2 Å². The van der Waals surface area contributed by atoms with E-state index in [0.717, 1.165) is 53.9 Å². The molecule has 198 valence electrons. The highest BCUT2D eigenvalue weighted by Gasteiger charge is 2.20. The molecular weight excluding hydrogens is 452 g/mol. The summed E-state index contributed by atoms with van der Waals surface area (Å²) in [6.45, 7) is 11.9. The first kappa shape index (κ1) is 31.1. The van der Waals surface area contributed by atoms with E-state index in [1.165, 1.54) is 4.68 Å². The lowest BCUT2D eigenvalue weighted by Gasteiger charge is -2.24. The van der Waals surface area contributed by atoms with Crippen LogP contribution in [-0.2, 0) is 16.1 Å². The van der Waals surface area contributed by atoms with E-state index in [1.54, 1.807) is 13.3 Å². The maximum Gasteiger partial charge on any atom is 0.272 e. The monoisotopic (exact) mass is 496 g/mol. The summed E-state index contributed by atoms with van der Waals surface area (Å²) in [5.74, 6) is 0.810. The maximum atomic E-state index is 12.9. The van der Waals surface area contributed by atoms with Crippen LogP contribution in [0.4, 0.5) is 0 Å². The summed E-state index contributed by atoms with van der Waals surface area (Å²) in [4.78, 5) is 12.9. The molecule has 1 aromatic heterocycles. The molecule has 6 heteroatoms. The number of aryl methyl sites for hydroxylation is 1. The van der Waals surface area contributed by atoms with Gasteiger partial charge in [0.25, 0.3) is 5.56 Å². The van der Waals surface area contributed by atoms with Gasteiger partial charge in [-0.3, -0.25) is 4.79 Å². The molecule has 2 aromatic carbocycles. The van der Waals surface area contributed by atoms with E-state index in [0.29, 0.717) is 18.8 Å². The normalized spacial score (nSPS) is 14.3. The maximum absolute atomic E-state index is 12.9. The molecule has 6 nitrogen and oxygen atoms in total. The van der Waals surface area contributed by atoms with Gasteiger partial charge in [-0.05, 0) is 68.9 Å². The lowest BCUT2D eigenvalue weighted by Crippen LogP contribution is -2.32. The molecule has 0 radical (unpaired) electrons. The average Bonchev–Trinajstić information content (AvgIpc) is 2.92. The molecule has 0 N–H and O–H groups in total. The van der Waals surface area contributed by atoms with Crippen LogP contribution in [0.1, 0.15) is 70.4 Å². The van der Waals surface area contributed by atoms with Crippen LogP contribution >= 0.6 is 0 Å². The van der Waals surface area contributed by atoms with E-state index in [-0.39, 0.29) is 19.2 Å². The zero-order valence-corrected chi connectivity index (χ0v) is 22.0. The van der Waals surface area contributed by atoms with E-state index in [2.05, 4.69) is 9.84 Å². The van der Waals surface area contributed by atoms with Crippen LogP contribution < -0.4 is 10.3 Å². The molecule has 1 aliphatic rings. The van der Waals surface area contributed by atoms with Gasteiger partial charge in [-0.2, -0.15) is 5.10 Å². The standard InChI is InChI=1S/C24H26N2O3.C3H8O.C2H6.CH4/c1-17-14-20(29-16-19-8-4-3-5-9-19)11-12-21(17)22-15-25-26(24(27)18(22)2)23-10-6-7-13-28-23;1-3-4-2;1-2;/h3-5,8-9,11-12,14-15,23H,6-7,10,13,16H2,1-2H3;3H2,1-2H3;1-2H3;1H4. The van der Waals surface area contributed by atoms with Crippen LogP contribution in [0.25, 0.3) is 11.1 Å². The van der Waals surface area contributed by atoms with E-state index >= 15 is 0 Å². The Morgan fingerprint density at radius 3 is 2.33 bits per heavy atom. The van der Waals surface area contributed by atoms with Crippen molar-refractivity contribution in [3.8, 4) is 16.9 Å².